The van der Waals surface area contributed by atoms with Gasteiger partial charge in [-0.05, 0) is 23.8 Å². The number of carbonyl (C=O) groups excluding carboxylic acids is 1. The number of nitrogens with zero attached hydrogens (tertiary/aromatic N) is 4. The van der Waals surface area contributed by atoms with E-state index in [1.165, 1.54) is 19.2 Å². The third-order valence-corrected chi connectivity index (χ3v) is 5.68. The fraction of sp³-hybridized carbons (Fsp3) is 0.200. The normalized spacial score (nSPS) is 11.1. The standard InChI is InChI=1S/C20H21N5O6S/c1-31-19-8-7-17(25(27)28)11-18(19)24(32(2,29)30)13-20(26)22-12-15-3-5-16(6-4-15)23-10-9-21-14-23/h3-11,14H,12-13H2,1-2H3,(H,22,26). The van der Waals surface area contributed by atoms with E-state index >= 15 is 0 Å². The Kier molecular flexibility index (Phi) is 6.73. The van der Waals surface area contributed by atoms with E-state index in [0.717, 1.165) is 27.9 Å². The number of imidazole rings is 1. The number of hydrogen-bond donors (Lipinski definition) is 1. The number of ether oxygens (including phenoxy) is 1. The topological polar surface area (TPSA) is 137 Å². The van der Waals surface area contributed by atoms with E-state index < -0.39 is 27.4 Å². The van der Waals surface area contributed by atoms with Crippen LogP contribution in [0.3, 0.4) is 0 Å². The maximum absolute atomic E-state index is 12.5. The van der Waals surface area contributed by atoms with Crippen molar-refractivity contribution >= 4 is 27.3 Å². The number of non-ortho nitro benzene ring substituents is 1. The highest BCUT2D eigenvalue weighted by Crippen LogP contribution is 2.33. The lowest BCUT2D eigenvalue weighted by Crippen LogP contribution is -2.40. The highest BCUT2D eigenvalue weighted by molar-refractivity contribution is 7.92. The molecule has 1 amide bonds. The molecule has 0 spiro atoms. The summed E-state index contributed by atoms with van der Waals surface area (Å²) < 4.78 is 32.5. The van der Waals surface area contributed by atoms with Gasteiger partial charge in [-0.1, -0.05) is 12.1 Å². The minimum atomic E-state index is -3.94. The molecule has 1 heterocycles. The van der Waals surface area contributed by atoms with Crippen LogP contribution in [0.1, 0.15) is 5.56 Å². The molecule has 0 aliphatic carbocycles. The smallest absolute Gasteiger partial charge is 0.271 e. The predicted octanol–water partition coefficient (Wildman–Crippen LogP) is 1.87. The first kappa shape index (κ1) is 22.7. The third kappa shape index (κ3) is 5.40. The summed E-state index contributed by atoms with van der Waals surface area (Å²) in [5.74, 6) is -0.494. The quantitative estimate of drug-likeness (QED) is 0.381. The summed E-state index contributed by atoms with van der Waals surface area (Å²) in [4.78, 5) is 27.0. The second kappa shape index (κ2) is 9.47. The van der Waals surface area contributed by atoms with Crippen LogP contribution in [0.25, 0.3) is 5.69 Å². The van der Waals surface area contributed by atoms with Gasteiger partial charge in [-0.15, -0.1) is 0 Å². The van der Waals surface area contributed by atoms with Gasteiger partial charge in [0.05, 0.1) is 24.6 Å². The number of nitro groups is 1. The molecule has 11 nitrogen and oxygen atoms in total. The maximum atomic E-state index is 12.5. The Balaban J connectivity index is 1.74. The number of hydrogen-bond acceptors (Lipinski definition) is 7. The van der Waals surface area contributed by atoms with E-state index in [4.69, 9.17) is 4.74 Å². The van der Waals surface area contributed by atoms with Crippen molar-refractivity contribution in [1.29, 1.82) is 0 Å². The minimum Gasteiger partial charge on any atom is -0.495 e. The van der Waals surface area contributed by atoms with Crippen molar-refractivity contribution in [2.24, 2.45) is 0 Å². The monoisotopic (exact) mass is 459 g/mol. The fourth-order valence-electron chi connectivity index (χ4n) is 2.95. The lowest BCUT2D eigenvalue weighted by molar-refractivity contribution is -0.384. The van der Waals surface area contributed by atoms with Crippen LogP contribution in [-0.4, -0.2) is 48.7 Å². The number of anilines is 1. The summed E-state index contributed by atoms with van der Waals surface area (Å²) in [7, 11) is -2.64. The predicted molar refractivity (Wildman–Crippen MR) is 117 cm³/mol. The number of sulfonamides is 1. The zero-order valence-electron chi connectivity index (χ0n) is 17.3. The molecule has 2 aromatic carbocycles. The van der Waals surface area contributed by atoms with E-state index in [-0.39, 0.29) is 23.7 Å². The molecule has 1 N–H and O–H groups in total. The van der Waals surface area contributed by atoms with Crippen LogP contribution in [0.5, 0.6) is 5.75 Å². The van der Waals surface area contributed by atoms with Crippen molar-refractivity contribution in [3.8, 4) is 11.4 Å². The Bertz CT molecular complexity index is 1210. The molecule has 0 radical (unpaired) electrons. The number of benzene rings is 2. The maximum Gasteiger partial charge on any atom is 0.271 e. The molecule has 0 unspecified atom stereocenters. The van der Waals surface area contributed by atoms with Crippen molar-refractivity contribution in [1.82, 2.24) is 14.9 Å². The van der Waals surface area contributed by atoms with Crippen molar-refractivity contribution in [3.63, 3.8) is 0 Å². The van der Waals surface area contributed by atoms with E-state index in [1.807, 2.05) is 28.8 Å². The Labute approximate surface area is 184 Å². The molecular weight excluding hydrogens is 438 g/mol. The lowest BCUT2D eigenvalue weighted by Gasteiger charge is -2.23. The average Bonchev–Trinajstić information content (AvgIpc) is 3.30. The molecule has 0 saturated carbocycles. The molecule has 12 heteroatoms. The largest absolute Gasteiger partial charge is 0.495 e. The summed E-state index contributed by atoms with van der Waals surface area (Å²) >= 11 is 0. The summed E-state index contributed by atoms with van der Waals surface area (Å²) in [5.41, 5.74) is 1.29. The molecule has 1 aromatic heterocycles. The molecule has 0 bridgehead atoms. The van der Waals surface area contributed by atoms with Gasteiger partial charge in [-0.3, -0.25) is 19.2 Å². The first-order valence-corrected chi connectivity index (χ1v) is 11.2. The first-order valence-electron chi connectivity index (χ1n) is 9.33. The zero-order valence-corrected chi connectivity index (χ0v) is 18.2. The molecule has 0 fully saturated rings. The first-order chi connectivity index (χ1) is 15.2. The van der Waals surface area contributed by atoms with E-state index in [1.54, 1.807) is 18.7 Å². The van der Waals surface area contributed by atoms with Gasteiger partial charge >= 0.3 is 0 Å². The van der Waals surface area contributed by atoms with Gasteiger partial charge in [-0.2, -0.15) is 0 Å². The molecule has 32 heavy (non-hydrogen) atoms. The Morgan fingerprint density at radius 3 is 2.53 bits per heavy atom. The van der Waals surface area contributed by atoms with Crippen LogP contribution in [0.4, 0.5) is 11.4 Å². The molecule has 0 aliphatic heterocycles. The second-order valence-corrected chi connectivity index (χ2v) is 8.70. The van der Waals surface area contributed by atoms with Crippen LogP contribution in [0.15, 0.2) is 61.2 Å². The summed E-state index contributed by atoms with van der Waals surface area (Å²) in [6, 6.07) is 10.9. The van der Waals surface area contributed by atoms with Crippen molar-refractivity contribution in [3.05, 3.63) is 76.9 Å². The number of amides is 1. The summed E-state index contributed by atoms with van der Waals surface area (Å²) in [6.45, 7) is -0.393. The van der Waals surface area contributed by atoms with E-state index in [0.29, 0.717) is 0 Å². The molecule has 168 valence electrons. The van der Waals surface area contributed by atoms with E-state index in [2.05, 4.69) is 10.3 Å². The molecule has 0 atom stereocenters. The van der Waals surface area contributed by atoms with Gasteiger partial charge in [0.25, 0.3) is 5.69 Å². The highest BCUT2D eigenvalue weighted by atomic mass is 32.2. The number of nitrogens with one attached hydrogen (secondary N) is 1. The molecule has 3 rings (SSSR count). The SMILES string of the molecule is COc1ccc([N+](=O)[O-])cc1N(CC(=O)NCc1ccc(-n2ccnc2)cc1)S(C)(=O)=O. The van der Waals surface area contributed by atoms with Gasteiger partial charge < -0.3 is 14.6 Å². The van der Waals surface area contributed by atoms with Crippen LogP contribution in [-0.2, 0) is 21.4 Å². The average molecular weight is 459 g/mol. The highest BCUT2D eigenvalue weighted by Gasteiger charge is 2.26. The van der Waals surface area contributed by atoms with Gasteiger partial charge in [0.2, 0.25) is 15.9 Å². The Hall–Kier alpha value is -3.93. The molecule has 0 aliphatic rings. The molecule has 3 aromatic rings. The van der Waals surface area contributed by atoms with Crippen LogP contribution >= 0.6 is 0 Å². The van der Waals surface area contributed by atoms with E-state index in [9.17, 15) is 23.3 Å². The van der Waals surface area contributed by atoms with Gasteiger partial charge in [0.1, 0.15) is 18.0 Å². The number of methoxy groups -OCH3 is 1. The Morgan fingerprint density at radius 2 is 1.97 bits per heavy atom. The van der Waals surface area contributed by atoms with Gasteiger partial charge in [0, 0.05) is 36.8 Å². The minimum absolute atomic E-state index is 0.0870. The zero-order chi connectivity index (χ0) is 23.3. The summed E-state index contributed by atoms with van der Waals surface area (Å²) in [6.07, 6.45) is 6.04. The number of carbonyl (C=O) groups is 1. The number of nitro benzene ring substituents is 1. The lowest BCUT2D eigenvalue weighted by atomic mass is 10.2. The molecule has 0 saturated heterocycles. The Morgan fingerprint density at radius 1 is 1.25 bits per heavy atom. The van der Waals surface area contributed by atoms with Crippen LogP contribution in [0, 0.1) is 10.1 Å². The third-order valence-electron chi connectivity index (χ3n) is 4.56. The van der Waals surface area contributed by atoms with Crippen LogP contribution < -0.4 is 14.4 Å². The van der Waals surface area contributed by atoms with Crippen LogP contribution in [0.2, 0.25) is 0 Å². The van der Waals surface area contributed by atoms with Crippen molar-refractivity contribution in [2.75, 3.05) is 24.2 Å². The summed E-state index contributed by atoms with van der Waals surface area (Å²) in [5, 5.41) is 13.8. The fourth-order valence-corrected chi connectivity index (χ4v) is 3.80. The second-order valence-electron chi connectivity index (χ2n) is 6.80. The number of rotatable bonds is 9. The van der Waals surface area contributed by atoms with Crippen molar-refractivity contribution in [2.45, 2.75) is 6.54 Å². The molecular formula is C20H21N5O6S. The van der Waals surface area contributed by atoms with Gasteiger partial charge in [-0.25, -0.2) is 13.4 Å². The van der Waals surface area contributed by atoms with Gasteiger partial charge in [0.15, 0.2) is 0 Å². The van der Waals surface area contributed by atoms with Crippen molar-refractivity contribution < 1.29 is 22.9 Å². The number of aromatic nitrogens is 2.